The fraction of sp³-hybridized carbons (Fsp3) is 0.125. The standard InChI is InChI=1S/C21H14O4.C3H6O/c1-12-15-4-2-3-5-16(15)21(25-12)17-8-6-13(22)10-19(17)24-20-11-14(23)7-9-18(20)21;1-3(2)4/h2-11,22-23H,1H2;1-2H3. The van der Waals surface area contributed by atoms with Crippen molar-refractivity contribution in [2.75, 3.05) is 0 Å². The van der Waals surface area contributed by atoms with Gasteiger partial charge in [0.1, 0.15) is 34.5 Å². The highest BCUT2D eigenvalue weighted by molar-refractivity contribution is 5.75. The molecule has 146 valence electrons. The van der Waals surface area contributed by atoms with E-state index in [1.54, 1.807) is 36.4 Å². The second-order valence-corrected chi connectivity index (χ2v) is 7.12. The minimum absolute atomic E-state index is 0.0996. The molecule has 0 atom stereocenters. The highest BCUT2D eigenvalue weighted by atomic mass is 16.5. The van der Waals surface area contributed by atoms with Crippen LogP contribution >= 0.6 is 0 Å². The van der Waals surface area contributed by atoms with Crippen molar-refractivity contribution in [3.05, 3.63) is 89.5 Å². The lowest BCUT2D eigenvalue weighted by molar-refractivity contribution is -0.114. The number of aromatic hydroxyl groups is 2. The van der Waals surface area contributed by atoms with Gasteiger partial charge in [0.2, 0.25) is 0 Å². The molecule has 2 aliphatic heterocycles. The van der Waals surface area contributed by atoms with E-state index in [0.717, 1.165) is 22.3 Å². The van der Waals surface area contributed by atoms with E-state index in [9.17, 15) is 15.0 Å². The van der Waals surface area contributed by atoms with Crippen LogP contribution in [0.4, 0.5) is 0 Å². The maximum absolute atomic E-state index is 9.88. The molecule has 5 rings (SSSR count). The summed E-state index contributed by atoms with van der Waals surface area (Å²) in [5.41, 5.74) is 2.55. The SMILES string of the molecule is C=C1OC2(c3ccc(O)cc3Oc3cc(O)ccc32)c2ccccc21.CC(C)=O. The Morgan fingerprint density at radius 3 is 1.93 bits per heavy atom. The average Bonchev–Trinajstić information content (AvgIpc) is 2.95. The topological polar surface area (TPSA) is 76.0 Å². The van der Waals surface area contributed by atoms with E-state index in [0.29, 0.717) is 17.3 Å². The van der Waals surface area contributed by atoms with E-state index in [1.165, 1.54) is 13.8 Å². The van der Waals surface area contributed by atoms with Gasteiger partial charge in [-0.3, -0.25) is 0 Å². The largest absolute Gasteiger partial charge is 0.508 e. The van der Waals surface area contributed by atoms with E-state index in [-0.39, 0.29) is 17.3 Å². The second kappa shape index (κ2) is 6.71. The van der Waals surface area contributed by atoms with Crippen molar-refractivity contribution in [2.24, 2.45) is 0 Å². The van der Waals surface area contributed by atoms with Crippen LogP contribution in [0, 0.1) is 0 Å². The predicted molar refractivity (Wildman–Crippen MR) is 109 cm³/mol. The van der Waals surface area contributed by atoms with Crippen LogP contribution < -0.4 is 4.74 Å². The van der Waals surface area contributed by atoms with Gasteiger partial charge < -0.3 is 24.5 Å². The van der Waals surface area contributed by atoms with Gasteiger partial charge in [-0.2, -0.15) is 0 Å². The highest BCUT2D eigenvalue weighted by Gasteiger charge is 2.51. The number of fused-ring (bicyclic) bond motifs is 6. The lowest BCUT2D eigenvalue weighted by Crippen LogP contribution is -2.32. The monoisotopic (exact) mass is 388 g/mol. The Bertz CT molecular complexity index is 1090. The van der Waals surface area contributed by atoms with Gasteiger partial charge in [-0.1, -0.05) is 30.8 Å². The van der Waals surface area contributed by atoms with Gasteiger partial charge in [0, 0.05) is 34.4 Å². The summed E-state index contributed by atoms with van der Waals surface area (Å²) in [7, 11) is 0. The van der Waals surface area contributed by atoms with Crippen molar-refractivity contribution in [2.45, 2.75) is 19.4 Å². The number of benzene rings is 3. The highest BCUT2D eigenvalue weighted by Crippen LogP contribution is 2.58. The van der Waals surface area contributed by atoms with E-state index in [2.05, 4.69) is 6.58 Å². The molecule has 0 radical (unpaired) electrons. The van der Waals surface area contributed by atoms with Crippen molar-refractivity contribution < 1.29 is 24.5 Å². The molecule has 0 fully saturated rings. The zero-order valence-electron chi connectivity index (χ0n) is 16.1. The van der Waals surface area contributed by atoms with Gasteiger partial charge in [-0.15, -0.1) is 0 Å². The molecule has 0 saturated heterocycles. The van der Waals surface area contributed by atoms with Crippen molar-refractivity contribution in [1.82, 2.24) is 0 Å². The van der Waals surface area contributed by atoms with Gasteiger partial charge in [-0.05, 0) is 38.1 Å². The third-order valence-electron chi connectivity index (χ3n) is 4.79. The summed E-state index contributed by atoms with van der Waals surface area (Å²) in [6, 6.07) is 17.8. The summed E-state index contributed by atoms with van der Waals surface area (Å²) in [4.78, 5) is 9.44. The predicted octanol–water partition coefficient (Wildman–Crippen LogP) is 5.09. The Labute approximate surface area is 168 Å². The molecule has 3 aromatic rings. The number of carbonyl (C=O) groups excluding carboxylic acids is 1. The normalized spacial score (nSPS) is 14.5. The Balaban J connectivity index is 0.000000472. The molecule has 0 amide bonds. The van der Waals surface area contributed by atoms with Crippen LogP contribution in [0.25, 0.3) is 5.76 Å². The fourth-order valence-electron chi connectivity index (χ4n) is 3.76. The second-order valence-electron chi connectivity index (χ2n) is 7.12. The molecule has 2 aliphatic rings. The van der Waals surface area contributed by atoms with Gasteiger partial charge in [0.15, 0.2) is 5.60 Å². The maximum Gasteiger partial charge on any atom is 0.192 e. The van der Waals surface area contributed by atoms with Gasteiger partial charge in [0.25, 0.3) is 0 Å². The number of hydrogen-bond acceptors (Lipinski definition) is 5. The molecule has 3 aromatic carbocycles. The number of Topliss-reactive ketones (excluding diaryl/α,β-unsaturated/α-hetero) is 1. The van der Waals surface area contributed by atoms with Crippen molar-refractivity contribution in [3.8, 4) is 23.0 Å². The number of hydrogen-bond donors (Lipinski definition) is 2. The first kappa shape index (κ1) is 18.6. The Kier molecular flexibility index (Phi) is 4.31. The van der Waals surface area contributed by atoms with Crippen LogP contribution in [-0.2, 0) is 15.1 Å². The lowest BCUT2D eigenvalue weighted by atomic mass is 9.77. The number of carbonyl (C=O) groups is 1. The number of ether oxygens (including phenoxy) is 2. The molecule has 0 bridgehead atoms. The molecule has 2 heterocycles. The Hall–Kier alpha value is -3.73. The van der Waals surface area contributed by atoms with Crippen molar-refractivity contribution >= 4 is 11.5 Å². The summed E-state index contributed by atoms with van der Waals surface area (Å²) in [5, 5.41) is 19.8. The smallest absolute Gasteiger partial charge is 0.192 e. The maximum atomic E-state index is 9.88. The first-order valence-corrected chi connectivity index (χ1v) is 9.12. The number of rotatable bonds is 0. The van der Waals surface area contributed by atoms with Crippen molar-refractivity contribution in [1.29, 1.82) is 0 Å². The minimum Gasteiger partial charge on any atom is -0.508 e. The summed E-state index contributed by atoms with van der Waals surface area (Å²) in [6.45, 7) is 7.12. The van der Waals surface area contributed by atoms with Gasteiger partial charge in [0.05, 0.1) is 0 Å². The number of ketones is 1. The third kappa shape index (κ3) is 2.91. The van der Waals surface area contributed by atoms with Gasteiger partial charge >= 0.3 is 0 Å². The molecule has 1 spiro atoms. The van der Waals surface area contributed by atoms with Crippen molar-refractivity contribution in [3.63, 3.8) is 0 Å². The number of phenols is 2. The lowest BCUT2D eigenvalue weighted by Gasteiger charge is -2.37. The molecule has 0 saturated carbocycles. The van der Waals surface area contributed by atoms with Crippen LogP contribution in [0.3, 0.4) is 0 Å². The number of phenolic OH excluding ortho intramolecular Hbond substituents is 2. The first-order chi connectivity index (χ1) is 13.8. The molecular weight excluding hydrogens is 368 g/mol. The van der Waals surface area contributed by atoms with E-state index in [4.69, 9.17) is 9.47 Å². The van der Waals surface area contributed by atoms with E-state index >= 15 is 0 Å². The summed E-state index contributed by atoms with van der Waals surface area (Å²) in [5.74, 6) is 1.92. The Morgan fingerprint density at radius 2 is 1.38 bits per heavy atom. The zero-order chi connectivity index (χ0) is 20.8. The zero-order valence-corrected chi connectivity index (χ0v) is 16.1. The van der Waals surface area contributed by atoms with Gasteiger partial charge in [-0.25, -0.2) is 0 Å². The van der Waals surface area contributed by atoms with E-state index < -0.39 is 5.60 Å². The Morgan fingerprint density at radius 1 is 0.862 bits per heavy atom. The first-order valence-electron chi connectivity index (χ1n) is 9.12. The molecule has 0 aromatic heterocycles. The molecule has 2 N–H and O–H groups in total. The molecule has 5 nitrogen and oxygen atoms in total. The molecule has 0 aliphatic carbocycles. The third-order valence-corrected chi connectivity index (χ3v) is 4.79. The molecular formula is C24H20O5. The molecule has 29 heavy (non-hydrogen) atoms. The molecule has 5 heteroatoms. The summed E-state index contributed by atoms with van der Waals surface area (Å²) < 4.78 is 12.3. The molecule has 0 unspecified atom stereocenters. The van der Waals surface area contributed by atoms with Crippen LogP contribution in [0.2, 0.25) is 0 Å². The summed E-state index contributed by atoms with van der Waals surface area (Å²) >= 11 is 0. The fourth-order valence-corrected chi connectivity index (χ4v) is 3.76. The van der Waals surface area contributed by atoms with Crippen LogP contribution in [0.1, 0.15) is 36.1 Å². The minimum atomic E-state index is -0.919. The van der Waals surface area contributed by atoms with Crippen LogP contribution in [0.5, 0.6) is 23.0 Å². The quantitative estimate of drug-likeness (QED) is 0.561. The van der Waals surface area contributed by atoms with E-state index in [1.807, 2.05) is 24.3 Å². The summed E-state index contributed by atoms with van der Waals surface area (Å²) in [6.07, 6.45) is 0. The van der Waals surface area contributed by atoms with Crippen LogP contribution in [-0.4, -0.2) is 16.0 Å². The van der Waals surface area contributed by atoms with Crippen LogP contribution in [0.15, 0.2) is 67.2 Å². The average molecular weight is 388 g/mol.